The second kappa shape index (κ2) is 4.25. The van der Waals surface area contributed by atoms with Crippen molar-refractivity contribution in [3.8, 4) is 0 Å². The first-order valence-corrected chi connectivity index (χ1v) is 3.00. The summed E-state index contributed by atoms with van der Waals surface area (Å²) in [6, 6.07) is -0.562. The van der Waals surface area contributed by atoms with Crippen LogP contribution in [0.3, 0.4) is 0 Å². The third-order valence-corrected chi connectivity index (χ3v) is 1.02. The normalized spacial score (nSPS) is 8.22. The highest BCUT2D eigenvalue weighted by Crippen LogP contribution is 1.96. The molecule has 0 atom stereocenters. The zero-order valence-corrected chi connectivity index (χ0v) is 6.38. The number of hydrogen-bond donors (Lipinski definition) is 1. The number of halogens is 1. The molecule has 0 fully saturated rings. The molecular weight excluding hydrogens is 190 g/mol. The van der Waals surface area contributed by atoms with Crippen LogP contribution < -0.4 is 5.32 Å². The fourth-order valence-electron chi connectivity index (χ4n) is 0.254. The summed E-state index contributed by atoms with van der Waals surface area (Å²) >= 11 is 2.59. The summed E-state index contributed by atoms with van der Waals surface area (Å²) in [6.45, 7) is 2.21. The van der Waals surface area contributed by atoms with Gasteiger partial charge in [0.05, 0.1) is 21.4 Å². The van der Waals surface area contributed by atoms with Gasteiger partial charge < -0.3 is 5.32 Å². The van der Waals surface area contributed by atoms with E-state index in [0.717, 1.165) is 0 Å². The van der Waals surface area contributed by atoms with Crippen LogP contribution in [0.4, 0.5) is 4.79 Å². The van der Waals surface area contributed by atoms with Crippen LogP contribution in [0.5, 0.6) is 0 Å². The minimum Gasteiger partial charge on any atom is -0.336 e. The molecule has 0 saturated carbocycles. The molecule has 0 aliphatic rings. The van der Waals surface area contributed by atoms with Gasteiger partial charge in [-0.3, -0.25) is 0 Å². The number of amides is 2. The van der Waals surface area contributed by atoms with Crippen molar-refractivity contribution < 1.29 is 4.79 Å². The van der Waals surface area contributed by atoms with Gasteiger partial charge in [-0.25, -0.2) is 4.79 Å². The molecule has 6 heteroatoms. The first-order valence-electron chi connectivity index (χ1n) is 2.29. The molecule has 0 rings (SSSR count). The first kappa shape index (κ1) is 8.35. The number of urea groups is 1. The zero-order valence-electron chi connectivity index (χ0n) is 4.80. The number of rotatable bonds is 2. The lowest BCUT2D eigenvalue weighted by atomic mass is 10.7. The molecule has 1 N–H and O–H groups in total. The van der Waals surface area contributed by atoms with Gasteiger partial charge in [0.2, 0.25) is 0 Å². The molecule has 0 heterocycles. The molecule has 0 spiro atoms. The van der Waals surface area contributed by atoms with Gasteiger partial charge in [0.1, 0.15) is 0 Å². The van der Waals surface area contributed by atoms with E-state index in [1.54, 1.807) is 6.92 Å². The fraction of sp³-hybridized carbons (Fsp3) is 0.667. The van der Waals surface area contributed by atoms with Crippen LogP contribution in [-0.2, 0) is 0 Å². The van der Waals surface area contributed by atoms with Gasteiger partial charge in [-0.2, -0.15) is 0 Å². The van der Waals surface area contributed by atoms with Gasteiger partial charge in [0, 0.05) is 6.54 Å². The van der Waals surface area contributed by atoms with Crippen LogP contribution in [0.1, 0.15) is 6.92 Å². The summed E-state index contributed by atoms with van der Waals surface area (Å²) in [6.07, 6.45) is 0. The Kier molecular flexibility index (Phi) is 3.94. The quantitative estimate of drug-likeness (QED) is 0.407. The molecule has 0 saturated heterocycles. The SMILES string of the molecule is CCNC(=O)N(Br)N=O. The number of nitrogens with zero attached hydrogens (tertiary/aromatic N) is 2. The Morgan fingerprint density at radius 3 is 2.78 bits per heavy atom. The van der Waals surface area contributed by atoms with Crippen molar-refractivity contribution in [1.82, 2.24) is 9.35 Å². The van der Waals surface area contributed by atoms with E-state index in [9.17, 15) is 9.70 Å². The minimum atomic E-state index is -0.562. The van der Waals surface area contributed by atoms with Crippen LogP contribution in [0.25, 0.3) is 0 Å². The second-order valence-electron chi connectivity index (χ2n) is 1.18. The van der Waals surface area contributed by atoms with Crippen molar-refractivity contribution in [2.24, 2.45) is 5.29 Å². The molecule has 52 valence electrons. The van der Waals surface area contributed by atoms with E-state index < -0.39 is 6.03 Å². The number of carbonyl (C=O) groups is 1. The topological polar surface area (TPSA) is 61.8 Å². The average Bonchev–Trinajstić information content (AvgIpc) is 1.87. The summed E-state index contributed by atoms with van der Waals surface area (Å²) in [5.74, 6) is 0. The Balaban J connectivity index is 3.58. The van der Waals surface area contributed by atoms with E-state index in [1.165, 1.54) is 0 Å². The van der Waals surface area contributed by atoms with Gasteiger partial charge in [-0.1, -0.05) is 0 Å². The highest BCUT2D eigenvalue weighted by molar-refractivity contribution is 9.07. The Bertz CT molecular complexity index is 118. The highest BCUT2D eigenvalue weighted by Gasteiger charge is 2.06. The second-order valence-corrected chi connectivity index (χ2v) is 1.85. The Hall–Kier alpha value is -0.650. The van der Waals surface area contributed by atoms with Crippen molar-refractivity contribution in [2.45, 2.75) is 6.92 Å². The Labute approximate surface area is 60.7 Å². The first-order chi connectivity index (χ1) is 4.22. The lowest BCUT2D eigenvalue weighted by molar-refractivity contribution is 0.228. The van der Waals surface area contributed by atoms with Crippen molar-refractivity contribution in [1.29, 1.82) is 0 Å². The van der Waals surface area contributed by atoms with E-state index in [2.05, 4.69) is 26.7 Å². The predicted molar refractivity (Wildman–Crippen MR) is 35.6 cm³/mol. The van der Waals surface area contributed by atoms with Gasteiger partial charge in [0.15, 0.2) is 0 Å². The standard InChI is InChI=1S/C3H6BrN3O2/c1-2-5-3(8)7(4)6-9/h2H2,1H3,(H,5,8). The number of nitroso groups, excluding NO2 is 1. The summed E-state index contributed by atoms with van der Waals surface area (Å²) in [5, 5.41) is 4.64. The molecule has 0 bridgehead atoms. The van der Waals surface area contributed by atoms with E-state index in [-0.39, 0.29) is 0 Å². The molecular formula is C3H6BrN3O2. The van der Waals surface area contributed by atoms with Gasteiger partial charge in [-0.05, 0) is 6.92 Å². The van der Waals surface area contributed by atoms with Crippen LogP contribution in [0, 0.1) is 4.91 Å². The van der Waals surface area contributed by atoms with Gasteiger partial charge in [0.25, 0.3) is 0 Å². The summed E-state index contributed by atoms with van der Waals surface area (Å²) in [4.78, 5) is 20.0. The molecule has 0 aromatic carbocycles. The van der Waals surface area contributed by atoms with Gasteiger partial charge in [-0.15, -0.1) is 8.94 Å². The lowest BCUT2D eigenvalue weighted by Crippen LogP contribution is -2.29. The van der Waals surface area contributed by atoms with E-state index in [1.807, 2.05) is 0 Å². The van der Waals surface area contributed by atoms with Crippen molar-refractivity contribution >= 4 is 22.2 Å². The van der Waals surface area contributed by atoms with E-state index >= 15 is 0 Å². The van der Waals surface area contributed by atoms with Crippen LogP contribution >= 0.6 is 16.1 Å². The minimum absolute atomic E-state index is 0.469. The summed E-state index contributed by atoms with van der Waals surface area (Å²) in [7, 11) is 0. The van der Waals surface area contributed by atoms with Crippen LogP contribution in [-0.4, -0.2) is 16.6 Å². The van der Waals surface area contributed by atoms with Crippen molar-refractivity contribution in [3.05, 3.63) is 4.91 Å². The molecule has 0 radical (unpaired) electrons. The Morgan fingerprint density at radius 2 is 2.44 bits per heavy atom. The molecule has 5 nitrogen and oxygen atoms in total. The van der Waals surface area contributed by atoms with Crippen molar-refractivity contribution in [2.75, 3.05) is 6.54 Å². The fourth-order valence-corrected chi connectivity index (χ4v) is 0.379. The zero-order chi connectivity index (χ0) is 7.28. The third kappa shape index (κ3) is 3.02. The maximum atomic E-state index is 10.4. The smallest absolute Gasteiger partial charge is 0.336 e. The molecule has 0 unspecified atom stereocenters. The number of nitrogens with one attached hydrogen (secondary N) is 1. The van der Waals surface area contributed by atoms with Crippen LogP contribution in [0.2, 0.25) is 0 Å². The number of hydrogen-bond acceptors (Lipinski definition) is 3. The Morgan fingerprint density at radius 1 is 1.89 bits per heavy atom. The average molecular weight is 196 g/mol. The molecule has 0 aromatic heterocycles. The molecule has 0 aromatic rings. The van der Waals surface area contributed by atoms with Gasteiger partial charge >= 0.3 is 6.03 Å². The molecule has 2 amide bonds. The monoisotopic (exact) mass is 195 g/mol. The predicted octanol–water partition coefficient (Wildman–Crippen LogP) is 1.01. The van der Waals surface area contributed by atoms with E-state index in [4.69, 9.17) is 0 Å². The van der Waals surface area contributed by atoms with Crippen LogP contribution in [0.15, 0.2) is 5.29 Å². The molecule has 0 aliphatic heterocycles. The molecule has 9 heavy (non-hydrogen) atoms. The summed E-state index contributed by atoms with van der Waals surface area (Å²) < 4.78 is 0.510. The summed E-state index contributed by atoms with van der Waals surface area (Å²) in [5.41, 5.74) is 0. The maximum Gasteiger partial charge on any atom is 0.351 e. The van der Waals surface area contributed by atoms with E-state index in [0.29, 0.717) is 10.6 Å². The highest BCUT2D eigenvalue weighted by atomic mass is 79.9. The largest absolute Gasteiger partial charge is 0.351 e. The maximum absolute atomic E-state index is 10.4. The third-order valence-electron chi connectivity index (χ3n) is 0.567. The lowest BCUT2D eigenvalue weighted by Gasteiger charge is -2.02. The molecule has 0 aliphatic carbocycles. The number of carbonyl (C=O) groups excluding carboxylic acids is 1. The van der Waals surface area contributed by atoms with Crippen molar-refractivity contribution in [3.63, 3.8) is 0 Å².